The monoisotopic (exact) mass is 390 g/mol. The molecule has 2 heteroatoms. The Kier molecular flexibility index (Phi) is 22.6. The highest BCUT2D eigenvalue weighted by Crippen LogP contribution is 2.11. The Morgan fingerprint density at radius 3 is 1.93 bits per heavy atom. The maximum Gasteiger partial charge on any atom is 0.305 e. The average Bonchev–Trinajstić information content (AvgIpc) is 2.70. The molecule has 28 heavy (non-hydrogen) atoms. The van der Waals surface area contributed by atoms with Gasteiger partial charge in [0.2, 0.25) is 0 Å². The minimum Gasteiger partial charge on any atom is -0.465 e. The number of carbonyl (C=O) groups excluding carboxylic acids is 1. The minimum atomic E-state index is -0.0256. The Morgan fingerprint density at radius 1 is 0.679 bits per heavy atom. The molecule has 0 rings (SSSR count). The van der Waals surface area contributed by atoms with E-state index in [2.05, 4.69) is 43.4 Å². The minimum absolute atomic E-state index is 0.0256. The first-order valence-electron chi connectivity index (χ1n) is 11.9. The number of unbranched alkanes of at least 4 members (excludes halogenated alkanes) is 12. The van der Waals surface area contributed by atoms with Gasteiger partial charge < -0.3 is 4.74 Å². The molecule has 0 bridgehead atoms. The van der Waals surface area contributed by atoms with E-state index in [1.165, 1.54) is 70.6 Å². The SMILES string of the molecule is C/C=C\C=C/CCCCCCCCCCC(=O)OCC/C=C/CCCCCC. The molecule has 2 nitrogen and oxygen atoms in total. The lowest BCUT2D eigenvalue weighted by atomic mass is 10.1. The number of hydrogen-bond acceptors (Lipinski definition) is 2. The fraction of sp³-hybridized carbons (Fsp3) is 0.731. The molecular formula is C26H46O2. The molecule has 0 saturated carbocycles. The van der Waals surface area contributed by atoms with Crippen molar-refractivity contribution in [2.75, 3.05) is 6.61 Å². The summed E-state index contributed by atoms with van der Waals surface area (Å²) < 4.78 is 5.29. The molecule has 0 heterocycles. The van der Waals surface area contributed by atoms with E-state index in [1.54, 1.807) is 0 Å². The number of allylic oxidation sites excluding steroid dienone is 5. The normalized spacial score (nSPS) is 11.9. The molecule has 0 N–H and O–H groups in total. The van der Waals surface area contributed by atoms with Gasteiger partial charge in [0.25, 0.3) is 0 Å². The molecule has 162 valence electrons. The zero-order chi connectivity index (χ0) is 20.5. The first-order chi connectivity index (χ1) is 13.8. The molecule has 0 radical (unpaired) electrons. The molecule has 0 fully saturated rings. The van der Waals surface area contributed by atoms with Crippen LogP contribution >= 0.6 is 0 Å². The lowest BCUT2D eigenvalue weighted by Gasteiger charge is -2.04. The second-order valence-corrected chi connectivity index (χ2v) is 7.65. The van der Waals surface area contributed by atoms with Gasteiger partial charge in [-0.1, -0.05) is 101 Å². The molecule has 0 aromatic heterocycles. The van der Waals surface area contributed by atoms with Gasteiger partial charge in [-0.25, -0.2) is 0 Å². The predicted octanol–water partition coefficient (Wildman–Crippen LogP) is 8.48. The topological polar surface area (TPSA) is 26.3 Å². The Bertz CT molecular complexity index is 407. The van der Waals surface area contributed by atoms with Crippen molar-refractivity contribution in [3.8, 4) is 0 Å². The summed E-state index contributed by atoms with van der Waals surface area (Å²) in [5.41, 5.74) is 0. The zero-order valence-corrected chi connectivity index (χ0v) is 18.8. The molecule has 0 amide bonds. The molecule has 0 aliphatic carbocycles. The van der Waals surface area contributed by atoms with Crippen molar-refractivity contribution in [2.45, 2.75) is 117 Å². The number of rotatable bonds is 20. The van der Waals surface area contributed by atoms with Crippen LogP contribution in [0.3, 0.4) is 0 Å². The van der Waals surface area contributed by atoms with Gasteiger partial charge in [0.1, 0.15) is 0 Å². The summed E-state index contributed by atoms with van der Waals surface area (Å²) in [5, 5.41) is 0. The molecule has 0 aromatic rings. The van der Waals surface area contributed by atoms with Gasteiger partial charge in [0.15, 0.2) is 0 Å². The average molecular weight is 391 g/mol. The summed E-state index contributed by atoms with van der Waals surface area (Å²) in [6, 6.07) is 0. The largest absolute Gasteiger partial charge is 0.465 e. The third-order valence-corrected chi connectivity index (χ3v) is 4.88. The van der Waals surface area contributed by atoms with Crippen LogP contribution in [0.2, 0.25) is 0 Å². The molecule has 0 aliphatic heterocycles. The summed E-state index contributed by atoms with van der Waals surface area (Å²) in [4.78, 5) is 11.7. The second kappa shape index (κ2) is 23.7. The van der Waals surface area contributed by atoms with E-state index in [1.807, 2.05) is 6.92 Å². The summed E-state index contributed by atoms with van der Waals surface area (Å²) in [7, 11) is 0. The maximum atomic E-state index is 11.7. The molecule has 0 aliphatic rings. The molecule has 0 aromatic carbocycles. The van der Waals surface area contributed by atoms with E-state index in [9.17, 15) is 4.79 Å². The van der Waals surface area contributed by atoms with Gasteiger partial charge in [-0.05, 0) is 45.4 Å². The zero-order valence-electron chi connectivity index (χ0n) is 18.8. The molecule has 0 unspecified atom stereocenters. The quantitative estimate of drug-likeness (QED) is 0.0901. The van der Waals surface area contributed by atoms with E-state index in [-0.39, 0.29) is 5.97 Å². The number of ether oxygens (including phenoxy) is 1. The van der Waals surface area contributed by atoms with E-state index < -0.39 is 0 Å². The van der Waals surface area contributed by atoms with Crippen molar-refractivity contribution in [2.24, 2.45) is 0 Å². The van der Waals surface area contributed by atoms with Gasteiger partial charge in [-0.2, -0.15) is 0 Å². The lowest BCUT2D eigenvalue weighted by Crippen LogP contribution is -2.04. The van der Waals surface area contributed by atoms with Crippen molar-refractivity contribution in [3.05, 3.63) is 36.5 Å². The Labute approximate surface area is 175 Å². The lowest BCUT2D eigenvalue weighted by molar-refractivity contribution is -0.143. The van der Waals surface area contributed by atoms with Crippen LogP contribution in [0.1, 0.15) is 117 Å². The Hall–Kier alpha value is -1.31. The van der Waals surface area contributed by atoms with E-state index in [4.69, 9.17) is 4.74 Å². The van der Waals surface area contributed by atoms with Crippen molar-refractivity contribution < 1.29 is 9.53 Å². The predicted molar refractivity (Wildman–Crippen MR) is 124 cm³/mol. The van der Waals surface area contributed by atoms with E-state index >= 15 is 0 Å². The van der Waals surface area contributed by atoms with Crippen molar-refractivity contribution in [1.82, 2.24) is 0 Å². The van der Waals surface area contributed by atoms with Gasteiger partial charge in [0.05, 0.1) is 6.61 Å². The molecule has 0 atom stereocenters. The van der Waals surface area contributed by atoms with Crippen LogP contribution in [0.25, 0.3) is 0 Å². The Morgan fingerprint density at radius 2 is 1.25 bits per heavy atom. The maximum absolute atomic E-state index is 11.7. The van der Waals surface area contributed by atoms with Crippen LogP contribution in [0.5, 0.6) is 0 Å². The summed E-state index contributed by atoms with van der Waals surface area (Å²) in [6.07, 6.45) is 31.9. The molecule has 0 saturated heterocycles. The van der Waals surface area contributed by atoms with Crippen molar-refractivity contribution in [3.63, 3.8) is 0 Å². The first kappa shape index (κ1) is 26.7. The highest BCUT2D eigenvalue weighted by molar-refractivity contribution is 5.69. The first-order valence-corrected chi connectivity index (χ1v) is 11.9. The fourth-order valence-electron chi connectivity index (χ4n) is 3.12. The van der Waals surface area contributed by atoms with Crippen LogP contribution in [0.15, 0.2) is 36.5 Å². The Balaban J connectivity index is 3.25. The van der Waals surface area contributed by atoms with Crippen LogP contribution in [-0.4, -0.2) is 12.6 Å². The van der Waals surface area contributed by atoms with Crippen LogP contribution in [0, 0.1) is 0 Å². The van der Waals surface area contributed by atoms with Crippen LogP contribution in [-0.2, 0) is 9.53 Å². The summed E-state index contributed by atoms with van der Waals surface area (Å²) in [6.45, 7) is 4.82. The summed E-state index contributed by atoms with van der Waals surface area (Å²) >= 11 is 0. The highest BCUT2D eigenvalue weighted by Gasteiger charge is 2.01. The standard InChI is InChI=1S/C26H46O2/c1-3-5-7-9-11-13-14-15-16-17-18-20-22-24-26(27)28-25-23-21-19-12-10-8-6-4-2/h3,5,7,9,19,21H,4,6,8,10-18,20,22-25H2,1-2H3/b5-3-,9-7-,21-19+. The van der Waals surface area contributed by atoms with Gasteiger partial charge in [-0.3, -0.25) is 4.79 Å². The van der Waals surface area contributed by atoms with Crippen molar-refractivity contribution >= 4 is 5.97 Å². The van der Waals surface area contributed by atoms with Gasteiger partial charge in [-0.15, -0.1) is 0 Å². The number of carbonyl (C=O) groups is 1. The third kappa shape index (κ3) is 22.7. The van der Waals surface area contributed by atoms with Gasteiger partial charge >= 0.3 is 5.97 Å². The van der Waals surface area contributed by atoms with Crippen molar-refractivity contribution in [1.29, 1.82) is 0 Å². The smallest absolute Gasteiger partial charge is 0.305 e. The van der Waals surface area contributed by atoms with E-state index in [0.29, 0.717) is 13.0 Å². The summed E-state index contributed by atoms with van der Waals surface area (Å²) in [5.74, 6) is -0.0256. The fourth-order valence-corrected chi connectivity index (χ4v) is 3.12. The van der Waals surface area contributed by atoms with Crippen LogP contribution in [0.4, 0.5) is 0 Å². The highest BCUT2D eigenvalue weighted by atomic mass is 16.5. The molecule has 0 spiro atoms. The van der Waals surface area contributed by atoms with Gasteiger partial charge in [0, 0.05) is 6.42 Å². The third-order valence-electron chi connectivity index (χ3n) is 4.88. The number of hydrogen-bond donors (Lipinski definition) is 0. The number of esters is 1. The van der Waals surface area contributed by atoms with Crippen LogP contribution < -0.4 is 0 Å². The second-order valence-electron chi connectivity index (χ2n) is 7.65. The molecular weight excluding hydrogens is 344 g/mol. The van der Waals surface area contributed by atoms with E-state index in [0.717, 1.165) is 25.7 Å².